The van der Waals surface area contributed by atoms with E-state index in [1.807, 2.05) is 32.0 Å². The molecular weight excluding hydrogens is 530 g/mol. The van der Waals surface area contributed by atoms with E-state index in [9.17, 15) is 14.9 Å². The van der Waals surface area contributed by atoms with Crippen molar-refractivity contribution >= 4 is 52.2 Å². The Hall–Kier alpha value is -4.60. The number of furan rings is 1. The summed E-state index contributed by atoms with van der Waals surface area (Å²) in [4.78, 5) is 32.6. The number of pyridine rings is 1. The van der Waals surface area contributed by atoms with Crippen LogP contribution in [0, 0.1) is 34.6 Å². The first kappa shape index (κ1) is 28.4. The highest BCUT2D eigenvalue weighted by Crippen LogP contribution is 2.28. The van der Waals surface area contributed by atoms with Crippen molar-refractivity contribution in [2.75, 3.05) is 42.1 Å². The van der Waals surface area contributed by atoms with Gasteiger partial charge in [-0.25, -0.2) is 0 Å². The number of piperazine rings is 1. The number of nitrogens with two attached hydrogens (primary N) is 1. The Balaban J connectivity index is 0.00000118. The molecule has 0 saturated carbocycles. The molecule has 0 atom stereocenters. The van der Waals surface area contributed by atoms with Gasteiger partial charge in [0.15, 0.2) is 0 Å². The van der Waals surface area contributed by atoms with Crippen molar-refractivity contribution in [3.63, 3.8) is 0 Å². The number of nitriles is 1. The van der Waals surface area contributed by atoms with Crippen molar-refractivity contribution in [2.24, 2.45) is 0 Å². The topological polar surface area (TPSA) is 155 Å². The van der Waals surface area contributed by atoms with Crippen molar-refractivity contribution in [3.8, 4) is 5.40 Å². The Morgan fingerprint density at radius 2 is 1.85 bits per heavy atom. The molecule has 1 saturated heterocycles. The van der Waals surface area contributed by atoms with Crippen LogP contribution in [0.3, 0.4) is 0 Å². The molecule has 5 rings (SSSR count). The number of aryl methyl sites for hydroxylation is 1. The number of carbonyl (C=O) groups is 1. The monoisotopic (exact) mass is 559 g/mol. The van der Waals surface area contributed by atoms with Crippen LogP contribution in [0.25, 0.3) is 10.9 Å². The second-order valence-corrected chi connectivity index (χ2v) is 9.52. The first-order valence-electron chi connectivity index (χ1n) is 12.5. The molecule has 1 fully saturated rings. The predicted octanol–water partition coefficient (Wildman–Crippen LogP) is 4.91. The molecule has 11 nitrogen and oxygen atoms in total. The normalized spacial score (nSPS) is 13.3. The standard InChI is InChI=1S/C27H28N6O4.CHNS/c1-17-18(2)29-24-8-3-19(15-23(24)26(17)28)30-27(34)22-9-14-37-25(22)16-31-10-12-32(13-11-31)20-4-6-21(7-5-20)33(35)36;2-1-3/h3-9,14-15H,10-13,16H2,1-2H3,(H2,28,29)(H,30,34);3H. The Morgan fingerprint density at radius 3 is 2.50 bits per heavy atom. The fourth-order valence-electron chi connectivity index (χ4n) is 4.60. The summed E-state index contributed by atoms with van der Waals surface area (Å²) in [5.41, 5.74) is 11.7. The van der Waals surface area contributed by atoms with Crippen LogP contribution in [0.5, 0.6) is 0 Å². The van der Waals surface area contributed by atoms with Crippen LogP contribution in [0.15, 0.2) is 59.2 Å². The first-order valence-corrected chi connectivity index (χ1v) is 13.0. The number of rotatable bonds is 6. The van der Waals surface area contributed by atoms with E-state index in [-0.39, 0.29) is 11.6 Å². The van der Waals surface area contributed by atoms with Crippen LogP contribution in [-0.4, -0.2) is 46.9 Å². The fourth-order valence-corrected chi connectivity index (χ4v) is 4.60. The predicted molar refractivity (Wildman–Crippen MR) is 157 cm³/mol. The van der Waals surface area contributed by atoms with Gasteiger partial charge in [0.2, 0.25) is 0 Å². The van der Waals surface area contributed by atoms with Crippen LogP contribution >= 0.6 is 12.6 Å². The van der Waals surface area contributed by atoms with E-state index >= 15 is 0 Å². The smallest absolute Gasteiger partial charge is 0.269 e. The van der Waals surface area contributed by atoms with E-state index in [0.717, 1.165) is 54.0 Å². The zero-order chi connectivity index (χ0) is 28.8. The summed E-state index contributed by atoms with van der Waals surface area (Å²) < 4.78 is 5.68. The molecule has 3 N–H and O–H groups in total. The molecule has 40 heavy (non-hydrogen) atoms. The van der Waals surface area contributed by atoms with Crippen LogP contribution in [0.2, 0.25) is 0 Å². The summed E-state index contributed by atoms with van der Waals surface area (Å²) in [6, 6.07) is 13.8. The van der Waals surface area contributed by atoms with Gasteiger partial charge in [-0.3, -0.25) is 24.8 Å². The van der Waals surface area contributed by atoms with E-state index in [1.165, 1.54) is 23.8 Å². The lowest BCUT2D eigenvalue weighted by atomic mass is 10.1. The van der Waals surface area contributed by atoms with Gasteiger partial charge in [0.05, 0.1) is 28.8 Å². The molecule has 0 aliphatic carbocycles. The van der Waals surface area contributed by atoms with Crippen LogP contribution in [-0.2, 0) is 6.54 Å². The summed E-state index contributed by atoms with van der Waals surface area (Å²) in [6.45, 7) is 7.46. The highest BCUT2D eigenvalue weighted by atomic mass is 32.1. The van der Waals surface area contributed by atoms with Crippen molar-refractivity contribution in [1.29, 1.82) is 5.26 Å². The fraction of sp³-hybridized carbons (Fsp3) is 0.250. The summed E-state index contributed by atoms with van der Waals surface area (Å²) >= 11 is 3.09. The van der Waals surface area contributed by atoms with Gasteiger partial charge in [0.25, 0.3) is 11.6 Å². The number of anilines is 3. The van der Waals surface area contributed by atoms with Gasteiger partial charge in [0, 0.05) is 66.5 Å². The van der Waals surface area contributed by atoms with Crippen molar-refractivity contribution < 1.29 is 14.1 Å². The van der Waals surface area contributed by atoms with Crippen molar-refractivity contribution in [3.05, 3.63) is 87.5 Å². The molecule has 206 valence electrons. The Morgan fingerprint density at radius 1 is 1.18 bits per heavy atom. The highest BCUT2D eigenvalue weighted by molar-refractivity contribution is 7.85. The second-order valence-electron chi connectivity index (χ2n) is 9.32. The number of nitrogens with zero attached hydrogens (tertiary/aromatic N) is 5. The molecule has 2 aromatic carbocycles. The van der Waals surface area contributed by atoms with Crippen molar-refractivity contribution in [2.45, 2.75) is 20.4 Å². The minimum atomic E-state index is -0.396. The van der Waals surface area contributed by atoms with Gasteiger partial charge < -0.3 is 20.4 Å². The van der Waals surface area contributed by atoms with Crippen LogP contribution in [0.1, 0.15) is 27.4 Å². The van der Waals surface area contributed by atoms with Gasteiger partial charge in [-0.1, -0.05) is 12.6 Å². The third-order valence-corrected chi connectivity index (χ3v) is 6.93. The number of nitrogen functional groups attached to an aromatic ring is 1. The minimum Gasteiger partial charge on any atom is -0.467 e. The zero-order valence-corrected chi connectivity index (χ0v) is 23.0. The largest absolute Gasteiger partial charge is 0.467 e. The minimum absolute atomic E-state index is 0.0834. The number of aromatic nitrogens is 1. The van der Waals surface area contributed by atoms with E-state index in [0.29, 0.717) is 29.2 Å². The quantitative estimate of drug-likeness (QED) is 0.129. The first-order chi connectivity index (χ1) is 19.2. The number of hydrogen-bond donors (Lipinski definition) is 3. The number of non-ortho nitro benzene ring substituents is 1. The molecule has 0 spiro atoms. The lowest BCUT2D eigenvalue weighted by Crippen LogP contribution is -2.46. The molecule has 0 unspecified atom stereocenters. The lowest BCUT2D eigenvalue weighted by molar-refractivity contribution is -0.384. The van der Waals surface area contributed by atoms with Crippen molar-refractivity contribution in [1.82, 2.24) is 9.88 Å². The molecular formula is C28H29N7O4S. The molecule has 12 heteroatoms. The summed E-state index contributed by atoms with van der Waals surface area (Å²) in [5.74, 6) is 0.359. The van der Waals surface area contributed by atoms with Gasteiger partial charge >= 0.3 is 0 Å². The lowest BCUT2D eigenvalue weighted by Gasteiger charge is -2.35. The number of hydrogen-bond acceptors (Lipinski definition) is 10. The summed E-state index contributed by atoms with van der Waals surface area (Å²) in [5, 5.41) is 23.3. The average Bonchev–Trinajstić information content (AvgIpc) is 3.41. The Kier molecular flexibility index (Phi) is 8.88. The summed E-state index contributed by atoms with van der Waals surface area (Å²) in [7, 11) is 0. The molecule has 1 amide bonds. The van der Waals surface area contributed by atoms with E-state index < -0.39 is 4.92 Å². The maximum atomic E-state index is 13.1. The Labute approximate surface area is 236 Å². The number of fused-ring (bicyclic) bond motifs is 1. The molecule has 2 aromatic heterocycles. The maximum Gasteiger partial charge on any atom is 0.269 e. The number of nitrogens with one attached hydrogen (secondary N) is 1. The highest BCUT2D eigenvalue weighted by Gasteiger charge is 2.22. The third kappa shape index (κ3) is 6.33. The SMILES string of the molecule is Cc1nc2ccc(NC(=O)c3ccoc3CN3CCN(c4ccc([N+](=O)[O-])cc4)CC3)cc2c(N)c1C.N#CS. The number of benzene rings is 2. The number of amides is 1. The number of thiocyanates is 1. The van der Waals surface area contributed by atoms with Gasteiger partial charge in [0.1, 0.15) is 11.2 Å². The van der Waals surface area contributed by atoms with Gasteiger partial charge in [-0.05, 0) is 55.8 Å². The number of carbonyl (C=O) groups excluding carboxylic acids is 1. The van der Waals surface area contributed by atoms with E-state index in [2.05, 4.69) is 32.7 Å². The number of nitro groups is 1. The molecule has 1 aliphatic heterocycles. The van der Waals surface area contributed by atoms with E-state index in [1.54, 1.807) is 18.2 Å². The van der Waals surface area contributed by atoms with Gasteiger partial charge in [-0.2, -0.15) is 5.26 Å². The molecule has 4 aromatic rings. The second kappa shape index (κ2) is 12.5. The Bertz CT molecular complexity index is 1570. The molecule has 0 bridgehead atoms. The molecule has 3 heterocycles. The van der Waals surface area contributed by atoms with Crippen LogP contribution in [0.4, 0.5) is 22.7 Å². The molecule has 1 aliphatic rings. The van der Waals surface area contributed by atoms with Gasteiger partial charge in [-0.15, -0.1) is 0 Å². The van der Waals surface area contributed by atoms with Crippen LogP contribution < -0.4 is 16.0 Å². The average molecular weight is 560 g/mol. The number of nitro benzene ring substituents is 1. The number of thiol groups is 1. The maximum absolute atomic E-state index is 13.1. The summed E-state index contributed by atoms with van der Waals surface area (Å²) in [6.07, 6.45) is 1.53. The molecule has 0 radical (unpaired) electrons. The third-order valence-electron chi connectivity index (χ3n) is 6.93. The zero-order valence-electron chi connectivity index (χ0n) is 22.1. The van der Waals surface area contributed by atoms with E-state index in [4.69, 9.17) is 15.4 Å².